The van der Waals surface area contributed by atoms with Gasteiger partial charge in [-0.25, -0.2) is 0 Å². The first-order valence-corrected chi connectivity index (χ1v) is 10.1. The summed E-state index contributed by atoms with van der Waals surface area (Å²) in [5.74, 6) is 2.09. The Labute approximate surface area is 143 Å². The third-order valence-electron chi connectivity index (χ3n) is 5.99. The Kier molecular flexibility index (Phi) is 3.68. The number of nitrogens with zero attached hydrogens (tertiary/aromatic N) is 3. The van der Waals surface area contributed by atoms with Gasteiger partial charge in [0.2, 0.25) is 0 Å². The van der Waals surface area contributed by atoms with E-state index in [0.717, 1.165) is 37.8 Å². The predicted octanol–water partition coefficient (Wildman–Crippen LogP) is 1.66. The van der Waals surface area contributed by atoms with Crippen LogP contribution < -0.4 is 5.32 Å². The van der Waals surface area contributed by atoms with Crippen LogP contribution in [-0.4, -0.2) is 72.3 Å². The van der Waals surface area contributed by atoms with Gasteiger partial charge in [-0.05, 0) is 31.4 Å². The van der Waals surface area contributed by atoms with Crippen LogP contribution in [0.4, 0.5) is 0 Å². The number of thioether (sulfide) groups is 1. The lowest BCUT2D eigenvalue weighted by atomic mass is 9.95. The molecule has 1 N–H and O–H groups in total. The van der Waals surface area contributed by atoms with Crippen molar-refractivity contribution in [1.82, 2.24) is 20.0 Å². The fourth-order valence-electron chi connectivity index (χ4n) is 4.74. The van der Waals surface area contributed by atoms with Gasteiger partial charge < -0.3 is 20.0 Å². The van der Waals surface area contributed by atoms with Crippen LogP contribution in [0.5, 0.6) is 0 Å². The number of hydrogen-bond acceptors (Lipinski definition) is 5. The van der Waals surface area contributed by atoms with Crippen LogP contribution in [0, 0.1) is 5.92 Å². The van der Waals surface area contributed by atoms with E-state index in [9.17, 15) is 0 Å². The maximum absolute atomic E-state index is 3.46. The topological polar surface area (TPSA) is 21.8 Å². The van der Waals surface area contributed by atoms with Gasteiger partial charge in [0.05, 0.1) is 0 Å². The molecule has 1 unspecified atom stereocenters. The normalized spacial score (nSPS) is 36.5. The molecular formula is C18H26N4S. The second-order valence-electron chi connectivity index (χ2n) is 7.45. The fraction of sp³-hybridized carbons (Fsp3) is 0.667. The Morgan fingerprint density at radius 3 is 2.91 bits per heavy atom. The summed E-state index contributed by atoms with van der Waals surface area (Å²) < 4.78 is 0. The maximum Gasteiger partial charge on any atom is 0.0461 e. The molecule has 5 rings (SSSR count). The van der Waals surface area contributed by atoms with Gasteiger partial charge in [0.1, 0.15) is 0 Å². The lowest BCUT2D eigenvalue weighted by Crippen LogP contribution is -2.44. The first-order valence-electron chi connectivity index (χ1n) is 9.08. The van der Waals surface area contributed by atoms with E-state index in [2.05, 4.69) is 38.5 Å². The molecule has 3 atom stereocenters. The van der Waals surface area contributed by atoms with Crippen LogP contribution in [0.1, 0.15) is 12.8 Å². The summed E-state index contributed by atoms with van der Waals surface area (Å²) in [6.07, 6.45) is 9.96. The van der Waals surface area contributed by atoms with Crippen molar-refractivity contribution in [3.05, 3.63) is 34.7 Å². The third-order valence-corrected chi connectivity index (χ3v) is 7.04. The first kappa shape index (κ1) is 14.4. The molecule has 0 amide bonds. The van der Waals surface area contributed by atoms with Gasteiger partial charge in [-0.1, -0.05) is 0 Å². The van der Waals surface area contributed by atoms with E-state index >= 15 is 0 Å². The minimum absolute atomic E-state index is 0.686. The quantitative estimate of drug-likeness (QED) is 0.829. The Bertz CT molecular complexity index is 564. The van der Waals surface area contributed by atoms with Gasteiger partial charge in [0, 0.05) is 79.6 Å². The van der Waals surface area contributed by atoms with E-state index in [4.69, 9.17) is 0 Å². The van der Waals surface area contributed by atoms with E-state index in [-0.39, 0.29) is 0 Å². The molecule has 3 fully saturated rings. The zero-order valence-electron chi connectivity index (χ0n) is 13.7. The molecule has 3 saturated heterocycles. The van der Waals surface area contributed by atoms with Crippen molar-refractivity contribution in [2.24, 2.45) is 5.92 Å². The Hall–Kier alpha value is -0.910. The highest BCUT2D eigenvalue weighted by atomic mass is 32.2. The van der Waals surface area contributed by atoms with Crippen LogP contribution in [0.2, 0.25) is 0 Å². The summed E-state index contributed by atoms with van der Waals surface area (Å²) in [5.41, 5.74) is 3.05. The van der Waals surface area contributed by atoms with Crippen molar-refractivity contribution in [1.29, 1.82) is 0 Å². The molecule has 5 aliphatic heterocycles. The number of rotatable bonds is 2. The smallest absolute Gasteiger partial charge is 0.0461 e. The van der Waals surface area contributed by atoms with Crippen LogP contribution in [0.15, 0.2) is 34.7 Å². The summed E-state index contributed by atoms with van der Waals surface area (Å²) in [6, 6.07) is 0.686. The van der Waals surface area contributed by atoms with E-state index in [1.165, 1.54) is 43.0 Å². The highest BCUT2D eigenvalue weighted by Crippen LogP contribution is 2.42. The van der Waals surface area contributed by atoms with Gasteiger partial charge >= 0.3 is 0 Å². The van der Waals surface area contributed by atoms with Gasteiger partial charge in [-0.2, -0.15) is 0 Å². The Morgan fingerprint density at radius 2 is 2.04 bits per heavy atom. The molecule has 5 heteroatoms. The van der Waals surface area contributed by atoms with Crippen molar-refractivity contribution < 1.29 is 0 Å². The number of fused-ring (bicyclic) bond motifs is 3. The third kappa shape index (κ3) is 2.63. The molecule has 0 aromatic carbocycles. The summed E-state index contributed by atoms with van der Waals surface area (Å²) in [5, 5.41) is 3.46. The molecule has 5 heterocycles. The minimum Gasteiger partial charge on any atom is -0.371 e. The second kappa shape index (κ2) is 5.87. The predicted molar refractivity (Wildman–Crippen MR) is 95.9 cm³/mol. The number of piperazine rings is 1. The SMILES string of the molecule is C1=CN([C@@H]2C[C@H]3CCN(C3)C2)C=C2SCC(N3CCNCC3)=C12. The highest BCUT2D eigenvalue weighted by molar-refractivity contribution is 8.03. The molecule has 2 bridgehead atoms. The zero-order valence-corrected chi connectivity index (χ0v) is 14.5. The molecule has 23 heavy (non-hydrogen) atoms. The second-order valence-corrected chi connectivity index (χ2v) is 8.46. The van der Waals surface area contributed by atoms with E-state index in [1.54, 1.807) is 5.70 Å². The maximum atomic E-state index is 3.46. The van der Waals surface area contributed by atoms with Gasteiger partial charge in [-0.15, -0.1) is 11.8 Å². The number of nitrogens with one attached hydrogen (secondary N) is 1. The largest absolute Gasteiger partial charge is 0.371 e. The molecule has 0 radical (unpaired) electrons. The van der Waals surface area contributed by atoms with Crippen LogP contribution in [-0.2, 0) is 0 Å². The summed E-state index contributed by atoms with van der Waals surface area (Å²) in [6.45, 7) is 8.47. The summed E-state index contributed by atoms with van der Waals surface area (Å²) >= 11 is 2.03. The van der Waals surface area contributed by atoms with E-state index in [1.807, 2.05) is 11.8 Å². The van der Waals surface area contributed by atoms with Gasteiger partial charge in [0.25, 0.3) is 0 Å². The molecule has 4 nitrogen and oxygen atoms in total. The number of piperidine rings is 1. The highest BCUT2D eigenvalue weighted by Gasteiger charge is 2.35. The molecule has 0 aliphatic carbocycles. The van der Waals surface area contributed by atoms with Gasteiger partial charge in [-0.3, -0.25) is 0 Å². The Morgan fingerprint density at radius 1 is 1.13 bits per heavy atom. The van der Waals surface area contributed by atoms with Crippen molar-refractivity contribution in [2.45, 2.75) is 18.9 Å². The molecular weight excluding hydrogens is 304 g/mol. The van der Waals surface area contributed by atoms with Crippen molar-refractivity contribution in [2.75, 3.05) is 51.6 Å². The average Bonchev–Trinajstić information content (AvgIpc) is 3.18. The molecule has 0 aromatic rings. The van der Waals surface area contributed by atoms with Crippen LogP contribution in [0.25, 0.3) is 0 Å². The zero-order chi connectivity index (χ0) is 15.2. The average molecular weight is 331 g/mol. The number of hydrogen-bond donors (Lipinski definition) is 1. The van der Waals surface area contributed by atoms with Crippen molar-refractivity contribution in [3.63, 3.8) is 0 Å². The molecule has 0 spiro atoms. The molecule has 124 valence electrons. The fourth-order valence-corrected chi connectivity index (χ4v) is 5.90. The summed E-state index contributed by atoms with van der Waals surface area (Å²) in [4.78, 5) is 9.25. The monoisotopic (exact) mass is 330 g/mol. The lowest BCUT2D eigenvalue weighted by molar-refractivity contribution is 0.173. The van der Waals surface area contributed by atoms with E-state index < -0.39 is 0 Å². The molecule has 5 aliphatic rings. The lowest BCUT2D eigenvalue weighted by Gasteiger charge is -2.37. The van der Waals surface area contributed by atoms with Crippen molar-refractivity contribution >= 4 is 11.8 Å². The summed E-state index contributed by atoms with van der Waals surface area (Å²) in [7, 11) is 0. The number of allylic oxidation sites excluding steroid dienone is 2. The van der Waals surface area contributed by atoms with E-state index in [0.29, 0.717) is 6.04 Å². The Balaban J connectivity index is 1.35. The first-order chi connectivity index (χ1) is 11.4. The van der Waals surface area contributed by atoms with Crippen LogP contribution in [0.3, 0.4) is 0 Å². The van der Waals surface area contributed by atoms with Crippen LogP contribution >= 0.6 is 11.8 Å². The molecule has 0 saturated carbocycles. The standard InChI is InChI=1S/C18H26N4S/c1-5-20-10-14(1)9-15(11-20)22-6-2-16-17(13-23-18(16)12-22)21-7-3-19-4-8-21/h2,6,12,14-15,19H,1,3-5,7-11,13H2/t14-,15-/m1/s1. The van der Waals surface area contributed by atoms with Crippen molar-refractivity contribution in [3.8, 4) is 0 Å². The van der Waals surface area contributed by atoms with Gasteiger partial charge in [0.15, 0.2) is 0 Å². The minimum atomic E-state index is 0.686. The molecule has 0 aromatic heterocycles.